The van der Waals surface area contributed by atoms with Gasteiger partial charge in [0.1, 0.15) is 0 Å². The predicted molar refractivity (Wildman–Crippen MR) is 72.9 cm³/mol. The van der Waals surface area contributed by atoms with Crippen molar-refractivity contribution in [1.29, 1.82) is 0 Å². The van der Waals surface area contributed by atoms with Crippen molar-refractivity contribution in [2.75, 3.05) is 0 Å². The van der Waals surface area contributed by atoms with E-state index in [1.165, 1.54) is 0 Å². The van der Waals surface area contributed by atoms with Crippen LogP contribution in [0.25, 0.3) is 0 Å². The molecule has 0 bridgehead atoms. The van der Waals surface area contributed by atoms with Gasteiger partial charge in [0.25, 0.3) is 0 Å². The molecule has 19 heavy (non-hydrogen) atoms. The highest BCUT2D eigenvalue weighted by Gasteiger charge is 2.05. The van der Waals surface area contributed by atoms with Crippen molar-refractivity contribution in [3.63, 3.8) is 0 Å². The van der Waals surface area contributed by atoms with Gasteiger partial charge in [-0.1, -0.05) is 18.2 Å². The Kier molecular flexibility index (Phi) is 4.26. The number of nitrogens with zero attached hydrogens (tertiary/aromatic N) is 1. The molecule has 1 aromatic carbocycles. The van der Waals surface area contributed by atoms with Crippen molar-refractivity contribution in [3.8, 4) is 0 Å². The Hall–Kier alpha value is -2.20. The molecule has 4 heteroatoms. The van der Waals surface area contributed by atoms with Gasteiger partial charge in [0.2, 0.25) is 0 Å². The molecule has 0 spiro atoms. The fourth-order valence-electron chi connectivity index (χ4n) is 1.79. The van der Waals surface area contributed by atoms with Crippen LogP contribution in [0.5, 0.6) is 0 Å². The first-order valence-corrected chi connectivity index (χ1v) is 6.12. The van der Waals surface area contributed by atoms with E-state index in [4.69, 9.17) is 5.11 Å². The van der Waals surface area contributed by atoms with E-state index in [9.17, 15) is 4.79 Å². The summed E-state index contributed by atoms with van der Waals surface area (Å²) >= 11 is 0. The average Bonchev–Trinajstić information content (AvgIpc) is 2.46. The SMILES string of the molecule is CC(NCc1ccc(C(=O)O)cc1)c1cccnc1. The van der Waals surface area contributed by atoms with Gasteiger partial charge in [0, 0.05) is 25.0 Å². The third-order valence-corrected chi connectivity index (χ3v) is 3.00. The highest BCUT2D eigenvalue weighted by Crippen LogP contribution is 2.11. The molecular weight excluding hydrogens is 240 g/mol. The smallest absolute Gasteiger partial charge is 0.335 e. The molecule has 0 amide bonds. The molecule has 98 valence electrons. The summed E-state index contributed by atoms with van der Waals surface area (Å²) in [6, 6.07) is 11.0. The standard InChI is InChI=1S/C15H16N2O2/c1-11(14-3-2-8-16-10-14)17-9-12-4-6-13(7-5-12)15(18)19/h2-8,10-11,17H,9H2,1H3,(H,18,19). The van der Waals surface area contributed by atoms with Gasteiger partial charge in [-0.2, -0.15) is 0 Å². The second kappa shape index (κ2) is 6.11. The Morgan fingerprint density at radius 3 is 2.63 bits per heavy atom. The largest absolute Gasteiger partial charge is 0.478 e. The molecule has 0 fully saturated rings. The van der Waals surface area contributed by atoms with Crippen LogP contribution in [0.2, 0.25) is 0 Å². The van der Waals surface area contributed by atoms with Gasteiger partial charge < -0.3 is 10.4 Å². The maximum Gasteiger partial charge on any atom is 0.335 e. The lowest BCUT2D eigenvalue weighted by Gasteiger charge is -2.13. The molecule has 0 aliphatic carbocycles. The predicted octanol–water partition coefficient (Wildman–Crippen LogP) is 2.63. The number of nitrogens with one attached hydrogen (secondary N) is 1. The quantitative estimate of drug-likeness (QED) is 0.863. The van der Waals surface area contributed by atoms with Crippen molar-refractivity contribution >= 4 is 5.97 Å². The molecule has 1 aromatic heterocycles. The minimum atomic E-state index is -0.900. The average molecular weight is 256 g/mol. The molecule has 1 heterocycles. The number of carbonyl (C=O) groups is 1. The van der Waals surface area contributed by atoms with Crippen LogP contribution in [0.4, 0.5) is 0 Å². The lowest BCUT2D eigenvalue weighted by molar-refractivity contribution is 0.0697. The number of rotatable bonds is 5. The number of aromatic carboxylic acids is 1. The van der Waals surface area contributed by atoms with E-state index in [1.807, 2.05) is 30.5 Å². The Morgan fingerprint density at radius 1 is 1.32 bits per heavy atom. The van der Waals surface area contributed by atoms with Gasteiger partial charge in [-0.05, 0) is 36.2 Å². The van der Waals surface area contributed by atoms with Gasteiger partial charge in [0.15, 0.2) is 0 Å². The van der Waals surface area contributed by atoms with Crippen molar-refractivity contribution < 1.29 is 9.90 Å². The molecule has 0 saturated heterocycles. The molecule has 2 aromatic rings. The minimum Gasteiger partial charge on any atom is -0.478 e. The van der Waals surface area contributed by atoms with Crippen LogP contribution in [0, 0.1) is 0 Å². The van der Waals surface area contributed by atoms with Crippen LogP contribution < -0.4 is 5.32 Å². The Balaban J connectivity index is 1.93. The first-order valence-electron chi connectivity index (χ1n) is 6.12. The van der Waals surface area contributed by atoms with E-state index in [0.717, 1.165) is 11.1 Å². The zero-order valence-electron chi connectivity index (χ0n) is 10.7. The topological polar surface area (TPSA) is 62.2 Å². The summed E-state index contributed by atoms with van der Waals surface area (Å²) in [7, 11) is 0. The van der Waals surface area contributed by atoms with E-state index in [-0.39, 0.29) is 6.04 Å². The zero-order chi connectivity index (χ0) is 13.7. The number of carboxylic acids is 1. The highest BCUT2D eigenvalue weighted by atomic mass is 16.4. The first-order chi connectivity index (χ1) is 9.16. The Bertz CT molecular complexity index is 538. The minimum absolute atomic E-state index is 0.202. The van der Waals surface area contributed by atoms with Crippen LogP contribution in [0.15, 0.2) is 48.8 Å². The number of benzene rings is 1. The van der Waals surface area contributed by atoms with E-state index >= 15 is 0 Å². The van der Waals surface area contributed by atoms with Crippen LogP contribution >= 0.6 is 0 Å². The maximum atomic E-state index is 10.7. The Morgan fingerprint density at radius 2 is 2.05 bits per heavy atom. The zero-order valence-corrected chi connectivity index (χ0v) is 10.7. The molecule has 1 unspecified atom stereocenters. The number of pyridine rings is 1. The van der Waals surface area contributed by atoms with E-state index in [1.54, 1.807) is 18.3 Å². The summed E-state index contributed by atoms with van der Waals surface area (Å²) in [5, 5.41) is 12.2. The van der Waals surface area contributed by atoms with Gasteiger partial charge in [-0.15, -0.1) is 0 Å². The molecule has 2 N–H and O–H groups in total. The summed E-state index contributed by atoms with van der Waals surface area (Å²) in [4.78, 5) is 14.8. The fourth-order valence-corrected chi connectivity index (χ4v) is 1.79. The summed E-state index contributed by atoms with van der Waals surface area (Å²) in [6.45, 7) is 2.76. The van der Waals surface area contributed by atoms with Gasteiger partial charge in [0.05, 0.1) is 5.56 Å². The second-order valence-electron chi connectivity index (χ2n) is 4.39. The fraction of sp³-hybridized carbons (Fsp3) is 0.200. The van der Waals surface area contributed by atoms with Crippen LogP contribution in [0.1, 0.15) is 34.5 Å². The van der Waals surface area contributed by atoms with E-state index < -0.39 is 5.97 Å². The third kappa shape index (κ3) is 3.63. The normalized spacial score (nSPS) is 12.1. The van der Waals surface area contributed by atoms with Gasteiger partial charge in [-0.3, -0.25) is 4.98 Å². The number of aromatic nitrogens is 1. The number of hydrogen-bond acceptors (Lipinski definition) is 3. The van der Waals surface area contributed by atoms with Crippen molar-refractivity contribution in [1.82, 2.24) is 10.3 Å². The van der Waals surface area contributed by atoms with Crippen LogP contribution in [-0.2, 0) is 6.54 Å². The number of hydrogen-bond donors (Lipinski definition) is 2. The Labute approximate surface area is 112 Å². The van der Waals surface area contributed by atoms with Gasteiger partial charge in [-0.25, -0.2) is 4.79 Å². The van der Waals surface area contributed by atoms with Crippen LogP contribution in [0.3, 0.4) is 0 Å². The summed E-state index contributed by atoms with van der Waals surface area (Å²) in [5.41, 5.74) is 2.49. The summed E-state index contributed by atoms with van der Waals surface area (Å²) in [6.07, 6.45) is 3.59. The summed E-state index contributed by atoms with van der Waals surface area (Å²) < 4.78 is 0. The molecule has 0 aliphatic heterocycles. The molecule has 0 aliphatic rings. The molecule has 4 nitrogen and oxygen atoms in total. The molecule has 0 saturated carbocycles. The van der Waals surface area contributed by atoms with E-state index in [2.05, 4.69) is 17.2 Å². The molecule has 0 radical (unpaired) electrons. The third-order valence-electron chi connectivity index (χ3n) is 3.00. The van der Waals surface area contributed by atoms with E-state index in [0.29, 0.717) is 12.1 Å². The molecular formula is C15H16N2O2. The molecule has 2 rings (SSSR count). The molecule has 1 atom stereocenters. The van der Waals surface area contributed by atoms with Crippen molar-refractivity contribution in [2.24, 2.45) is 0 Å². The van der Waals surface area contributed by atoms with Crippen molar-refractivity contribution in [3.05, 3.63) is 65.5 Å². The highest BCUT2D eigenvalue weighted by molar-refractivity contribution is 5.87. The van der Waals surface area contributed by atoms with Crippen LogP contribution in [-0.4, -0.2) is 16.1 Å². The maximum absolute atomic E-state index is 10.7. The number of carboxylic acid groups (broad SMARTS) is 1. The lowest BCUT2D eigenvalue weighted by atomic mass is 10.1. The lowest BCUT2D eigenvalue weighted by Crippen LogP contribution is -2.18. The van der Waals surface area contributed by atoms with Gasteiger partial charge >= 0.3 is 5.97 Å². The van der Waals surface area contributed by atoms with Crippen molar-refractivity contribution in [2.45, 2.75) is 19.5 Å². The monoisotopic (exact) mass is 256 g/mol. The first kappa shape index (κ1) is 13.2. The second-order valence-corrected chi connectivity index (χ2v) is 4.39. The summed E-state index contributed by atoms with van der Waals surface area (Å²) in [5.74, 6) is -0.900.